The van der Waals surface area contributed by atoms with Crippen LogP contribution in [0.25, 0.3) is 0 Å². The fourth-order valence-corrected chi connectivity index (χ4v) is 2.77. The molecule has 108 valence electrons. The number of carbonyl (C=O) groups excluding carboxylic acids is 1. The lowest BCUT2D eigenvalue weighted by molar-refractivity contribution is 0.0763. The molecular formula is C17H18N2O2. The number of rotatable bonds is 1. The van der Waals surface area contributed by atoms with E-state index >= 15 is 0 Å². The van der Waals surface area contributed by atoms with Crippen molar-refractivity contribution in [1.82, 2.24) is 4.90 Å². The van der Waals surface area contributed by atoms with Crippen molar-refractivity contribution in [2.75, 3.05) is 18.8 Å². The zero-order chi connectivity index (χ0) is 14.8. The number of nitrogen functional groups attached to an aromatic ring is 1. The molecular weight excluding hydrogens is 264 g/mol. The minimum absolute atomic E-state index is 0.0608. The number of nitrogens with two attached hydrogens (primary N) is 1. The van der Waals surface area contributed by atoms with Crippen molar-refractivity contribution in [2.24, 2.45) is 0 Å². The molecule has 3 N–H and O–H groups in total. The van der Waals surface area contributed by atoms with Crippen molar-refractivity contribution in [1.29, 1.82) is 0 Å². The monoisotopic (exact) mass is 282 g/mol. The maximum Gasteiger partial charge on any atom is 0.256 e. The predicted molar refractivity (Wildman–Crippen MR) is 82.3 cm³/mol. The Balaban J connectivity index is 1.82. The number of phenolic OH excluding ortho intramolecular Hbond substituents is 1. The molecule has 0 aromatic heterocycles. The zero-order valence-corrected chi connectivity index (χ0v) is 11.7. The predicted octanol–water partition coefficient (Wildman–Crippen LogP) is 2.22. The number of nitrogens with zero attached hydrogens (tertiary/aromatic N) is 1. The second kappa shape index (κ2) is 5.48. The van der Waals surface area contributed by atoms with Crippen molar-refractivity contribution in [3.63, 3.8) is 0 Å². The molecule has 0 unspecified atom stereocenters. The summed E-state index contributed by atoms with van der Waals surface area (Å²) in [6, 6.07) is 12.8. The molecule has 1 heterocycles. The number of hydrogen-bond acceptors (Lipinski definition) is 3. The fraction of sp³-hybridized carbons (Fsp3) is 0.235. The third-order valence-electron chi connectivity index (χ3n) is 3.98. The lowest BCUT2D eigenvalue weighted by atomic mass is 10.0. The van der Waals surface area contributed by atoms with Gasteiger partial charge in [-0.25, -0.2) is 0 Å². The summed E-state index contributed by atoms with van der Waals surface area (Å²) >= 11 is 0. The van der Waals surface area contributed by atoms with E-state index in [0.717, 1.165) is 12.8 Å². The lowest BCUT2D eigenvalue weighted by Gasteiger charge is -2.21. The molecule has 2 aromatic rings. The lowest BCUT2D eigenvalue weighted by Crippen LogP contribution is -2.33. The van der Waals surface area contributed by atoms with E-state index in [2.05, 4.69) is 12.1 Å². The first-order valence-corrected chi connectivity index (χ1v) is 7.09. The molecule has 4 nitrogen and oxygen atoms in total. The highest BCUT2D eigenvalue weighted by Crippen LogP contribution is 2.22. The summed E-state index contributed by atoms with van der Waals surface area (Å²) in [6.45, 7) is 1.34. The molecule has 0 atom stereocenters. The quantitative estimate of drug-likeness (QED) is 0.622. The van der Waals surface area contributed by atoms with Gasteiger partial charge in [0.15, 0.2) is 0 Å². The zero-order valence-electron chi connectivity index (χ0n) is 11.7. The minimum atomic E-state index is -0.115. The standard InChI is InChI=1S/C17H18N2O2/c18-16-6-5-14(20)11-15(16)17(21)19-9-7-12-3-1-2-4-13(12)8-10-19/h1-6,11,20H,7-10,18H2. The number of amides is 1. The van der Waals surface area contributed by atoms with E-state index in [9.17, 15) is 9.90 Å². The number of phenols is 1. The van der Waals surface area contributed by atoms with Crippen molar-refractivity contribution >= 4 is 11.6 Å². The second-order valence-corrected chi connectivity index (χ2v) is 5.33. The summed E-state index contributed by atoms with van der Waals surface area (Å²) in [4.78, 5) is 14.4. The Morgan fingerprint density at radius 1 is 1.05 bits per heavy atom. The average Bonchev–Trinajstić information content (AvgIpc) is 2.71. The third-order valence-corrected chi connectivity index (χ3v) is 3.98. The first-order valence-electron chi connectivity index (χ1n) is 7.09. The van der Waals surface area contributed by atoms with Crippen LogP contribution >= 0.6 is 0 Å². The number of carbonyl (C=O) groups is 1. The topological polar surface area (TPSA) is 66.6 Å². The van der Waals surface area contributed by atoms with Crippen LogP contribution in [0.4, 0.5) is 5.69 Å². The summed E-state index contributed by atoms with van der Waals surface area (Å²) in [6.07, 6.45) is 1.70. The molecule has 0 saturated carbocycles. The van der Waals surface area contributed by atoms with Crippen molar-refractivity contribution in [2.45, 2.75) is 12.8 Å². The van der Waals surface area contributed by atoms with E-state index in [0.29, 0.717) is 24.3 Å². The van der Waals surface area contributed by atoms with Crippen LogP contribution in [0, 0.1) is 0 Å². The Kier molecular flexibility index (Phi) is 3.52. The molecule has 1 aliphatic rings. The van der Waals surface area contributed by atoms with Crippen LogP contribution in [-0.4, -0.2) is 29.0 Å². The average molecular weight is 282 g/mol. The van der Waals surface area contributed by atoms with Gasteiger partial charge in [-0.3, -0.25) is 4.79 Å². The highest BCUT2D eigenvalue weighted by atomic mass is 16.3. The molecule has 0 bridgehead atoms. The summed E-state index contributed by atoms with van der Waals surface area (Å²) in [5.41, 5.74) is 9.24. The molecule has 4 heteroatoms. The van der Waals surface area contributed by atoms with E-state index < -0.39 is 0 Å². The van der Waals surface area contributed by atoms with Gasteiger partial charge in [-0.15, -0.1) is 0 Å². The second-order valence-electron chi connectivity index (χ2n) is 5.33. The maximum atomic E-state index is 12.6. The Bertz CT molecular complexity index is 655. The van der Waals surface area contributed by atoms with Gasteiger partial charge in [0.25, 0.3) is 5.91 Å². The van der Waals surface area contributed by atoms with Crippen LogP contribution in [0.2, 0.25) is 0 Å². The van der Waals surface area contributed by atoms with Crippen molar-refractivity contribution < 1.29 is 9.90 Å². The molecule has 0 spiro atoms. The smallest absolute Gasteiger partial charge is 0.256 e. The van der Waals surface area contributed by atoms with Gasteiger partial charge >= 0.3 is 0 Å². The summed E-state index contributed by atoms with van der Waals surface area (Å²) in [5.74, 6) is -0.0538. The number of benzene rings is 2. The van der Waals surface area contributed by atoms with Gasteiger partial charge in [-0.2, -0.15) is 0 Å². The van der Waals surface area contributed by atoms with E-state index in [1.807, 2.05) is 17.0 Å². The molecule has 1 aliphatic heterocycles. The third kappa shape index (κ3) is 2.70. The van der Waals surface area contributed by atoms with Gasteiger partial charge in [0.2, 0.25) is 0 Å². The van der Waals surface area contributed by atoms with E-state index in [1.165, 1.54) is 23.3 Å². The summed E-state index contributed by atoms with van der Waals surface area (Å²) in [7, 11) is 0. The van der Waals surface area contributed by atoms with E-state index in [4.69, 9.17) is 5.73 Å². The molecule has 0 radical (unpaired) electrons. The Labute approximate surface area is 123 Å². The van der Waals surface area contributed by atoms with E-state index in [1.54, 1.807) is 6.07 Å². The SMILES string of the molecule is Nc1ccc(O)cc1C(=O)N1CCc2ccccc2CC1. The molecule has 2 aromatic carbocycles. The van der Waals surface area contributed by atoms with Crippen LogP contribution in [0.3, 0.4) is 0 Å². The minimum Gasteiger partial charge on any atom is -0.508 e. The molecule has 0 fully saturated rings. The van der Waals surface area contributed by atoms with E-state index in [-0.39, 0.29) is 11.7 Å². The van der Waals surface area contributed by atoms with Gasteiger partial charge < -0.3 is 15.7 Å². The maximum absolute atomic E-state index is 12.6. The van der Waals surface area contributed by atoms with Gasteiger partial charge in [0.1, 0.15) is 5.75 Å². The fourth-order valence-electron chi connectivity index (χ4n) is 2.77. The van der Waals surface area contributed by atoms with Crippen molar-refractivity contribution in [3.05, 3.63) is 59.2 Å². The largest absolute Gasteiger partial charge is 0.508 e. The van der Waals surface area contributed by atoms with Crippen LogP contribution in [0.15, 0.2) is 42.5 Å². The summed E-state index contributed by atoms with van der Waals surface area (Å²) in [5, 5.41) is 9.56. The van der Waals surface area contributed by atoms with Crippen molar-refractivity contribution in [3.8, 4) is 5.75 Å². The Morgan fingerprint density at radius 3 is 2.29 bits per heavy atom. The molecule has 21 heavy (non-hydrogen) atoms. The number of aromatic hydroxyl groups is 1. The normalized spacial score (nSPS) is 14.4. The first-order chi connectivity index (χ1) is 10.1. The molecule has 1 amide bonds. The number of hydrogen-bond donors (Lipinski definition) is 2. The van der Waals surface area contributed by atoms with Crippen LogP contribution in [0.1, 0.15) is 21.5 Å². The number of anilines is 1. The van der Waals surface area contributed by atoms with Gasteiger partial charge in [-0.05, 0) is 42.2 Å². The van der Waals surface area contributed by atoms with Gasteiger partial charge in [0, 0.05) is 18.8 Å². The number of fused-ring (bicyclic) bond motifs is 1. The van der Waals surface area contributed by atoms with Gasteiger partial charge in [0.05, 0.1) is 5.56 Å². The molecule has 0 aliphatic carbocycles. The molecule has 0 saturated heterocycles. The van der Waals surface area contributed by atoms with Crippen LogP contribution < -0.4 is 5.73 Å². The Morgan fingerprint density at radius 2 is 1.67 bits per heavy atom. The first kappa shape index (κ1) is 13.5. The molecule has 3 rings (SSSR count). The highest BCUT2D eigenvalue weighted by Gasteiger charge is 2.21. The summed E-state index contributed by atoms with van der Waals surface area (Å²) < 4.78 is 0. The highest BCUT2D eigenvalue weighted by molar-refractivity contribution is 5.99. The van der Waals surface area contributed by atoms with Crippen LogP contribution in [-0.2, 0) is 12.8 Å². The van der Waals surface area contributed by atoms with Crippen LogP contribution in [0.5, 0.6) is 5.75 Å². The van der Waals surface area contributed by atoms with Gasteiger partial charge in [-0.1, -0.05) is 24.3 Å². The Hall–Kier alpha value is -2.49.